The average Bonchev–Trinajstić information content (AvgIpc) is 2.86. The fourth-order valence-electron chi connectivity index (χ4n) is 2.31. The Morgan fingerprint density at radius 1 is 1.13 bits per heavy atom. The van der Waals surface area contributed by atoms with Gasteiger partial charge in [0, 0.05) is 16.8 Å². The van der Waals surface area contributed by atoms with E-state index in [0.29, 0.717) is 16.8 Å². The molecule has 6 heteroatoms. The van der Waals surface area contributed by atoms with Gasteiger partial charge in [0.15, 0.2) is 0 Å². The van der Waals surface area contributed by atoms with Crippen LogP contribution in [0.4, 0.5) is 10.5 Å². The lowest BCUT2D eigenvalue weighted by molar-refractivity contribution is -0.123. The Kier molecular flexibility index (Phi) is 3.80. The number of cyclic esters (lactones) is 1. The Morgan fingerprint density at radius 3 is 2.48 bits per heavy atom. The Bertz CT molecular complexity index is 783. The van der Waals surface area contributed by atoms with Gasteiger partial charge in [0.2, 0.25) is 6.10 Å². The molecule has 3 rings (SSSR count). The summed E-state index contributed by atoms with van der Waals surface area (Å²) in [6.07, 6.45) is -1.69. The highest BCUT2D eigenvalue weighted by molar-refractivity contribution is 6.04. The third kappa shape index (κ3) is 3.21. The first-order chi connectivity index (χ1) is 11.0. The molecule has 23 heavy (non-hydrogen) atoms. The number of amides is 3. The van der Waals surface area contributed by atoms with Gasteiger partial charge in [0.05, 0.1) is 0 Å². The van der Waals surface area contributed by atoms with Crippen LogP contribution in [-0.4, -0.2) is 17.9 Å². The van der Waals surface area contributed by atoms with Crippen LogP contribution in [-0.2, 0) is 9.53 Å². The van der Waals surface area contributed by atoms with Crippen molar-refractivity contribution in [2.24, 2.45) is 0 Å². The van der Waals surface area contributed by atoms with Crippen molar-refractivity contribution in [3.63, 3.8) is 0 Å². The average molecular weight is 310 g/mol. The molecule has 0 spiro atoms. The van der Waals surface area contributed by atoms with Gasteiger partial charge in [0.1, 0.15) is 0 Å². The molecule has 0 aliphatic carbocycles. The summed E-state index contributed by atoms with van der Waals surface area (Å²) >= 11 is 0. The Morgan fingerprint density at radius 2 is 1.87 bits per heavy atom. The molecule has 0 aromatic heterocycles. The van der Waals surface area contributed by atoms with Crippen molar-refractivity contribution in [3.8, 4) is 0 Å². The van der Waals surface area contributed by atoms with Crippen LogP contribution in [0.3, 0.4) is 0 Å². The van der Waals surface area contributed by atoms with E-state index in [2.05, 4.69) is 10.6 Å². The number of anilines is 1. The van der Waals surface area contributed by atoms with E-state index in [-0.39, 0.29) is 5.91 Å². The summed E-state index contributed by atoms with van der Waals surface area (Å²) in [6, 6.07) is 13.8. The number of benzene rings is 2. The second-order valence-corrected chi connectivity index (χ2v) is 5.22. The summed E-state index contributed by atoms with van der Waals surface area (Å²) in [4.78, 5) is 34.7. The van der Waals surface area contributed by atoms with Crippen molar-refractivity contribution in [1.29, 1.82) is 0 Å². The smallest absolute Gasteiger partial charge is 0.415 e. The molecule has 0 radical (unpaired) electrons. The number of rotatable bonds is 3. The van der Waals surface area contributed by atoms with Gasteiger partial charge in [-0.05, 0) is 31.2 Å². The summed E-state index contributed by atoms with van der Waals surface area (Å²) in [7, 11) is 0. The van der Waals surface area contributed by atoms with Crippen molar-refractivity contribution >= 4 is 23.6 Å². The number of ether oxygens (including phenoxy) is 1. The van der Waals surface area contributed by atoms with Crippen molar-refractivity contribution in [2.45, 2.75) is 13.0 Å². The van der Waals surface area contributed by atoms with Crippen LogP contribution in [0.5, 0.6) is 0 Å². The van der Waals surface area contributed by atoms with Crippen LogP contribution >= 0.6 is 0 Å². The number of nitrogens with one attached hydrogen (secondary N) is 2. The molecule has 0 saturated carbocycles. The first kappa shape index (κ1) is 14.8. The summed E-state index contributed by atoms with van der Waals surface area (Å²) in [5.74, 6) is -0.710. The molecule has 0 bridgehead atoms. The highest BCUT2D eigenvalue weighted by atomic mass is 16.6. The lowest BCUT2D eigenvalue weighted by atomic mass is 10.1. The van der Waals surface area contributed by atoms with Gasteiger partial charge in [-0.1, -0.05) is 29.8 Å². The maximum atomic E-state index is 12.2. The maximum absolute atomic E-state index is 12.2. The van der Waals surface area contributed by atoms with Gasteiger partial charge in [-0.15, -0.1) is 0 Å². The molecule has 2 N–H and O–H groups in total. The predicted octanol–water partition coefficient (Wildman–Crippen LogP) is 2.55. The highest BCUT2D eigenvalue weighted by Crippen LogP contribution is 2.23. The van der Waals surface area contributed by atoms with Crippen LogP contribution in [0.25, 0.3) is 0 Å². The van der Waals surface area contributed by atoms with E-state index in [4.69, 9.17) is 4.74 Å². The minimum Gasteiger partial charge on any atom is -0.431 e. The standard InChI is InChI=1S/C17H14N2O4/c1-10-3-2-4-12(9-10)15(20)18-13-7-5-11(6-8-13)14-16(21)19-17(22)23-14/h2-9,14H,1H3,(H,18,20)(H,19,21,22). The van der Waals surface area contributed by atoms with Crippen LogP contribution in [0.15, 0.2) is 48.5 Å². The summed E-state index contributed by atoms with van der Waals surface area (Å²) < 4.78 is 4.88. The van der Waals surface area contributed by atoms with Crippen LogP contribution in [0.1, 0.15) is 27.6 Å². The number of carbonyl (C=O) groups is 3. The fourth-order valence-corrected chi connectivity index (χ4v) is 2.31. The number of carbonyl (C=O) groups excluding carboxylic acids is 3. The minimum atomic E-state index is -0.941. The third-order valence-corrected chi connectivity index (χ3v) is 3.44. The van der Waals surface area contributed by atoms with Crippen LogP contribution in [0.2, 0.25) is 0 Å². The quantitative estimate of drug-likeness (QED) is 0.912. The molecule has 2 aromatic rings. The van der Waals surface area contributed by atoms with E-state index in [1.807, 2.05) is 19.1 Å². The van der Waals surface area contributed by atoms with Crippen molar-refractivity contribution in [1.82, 2.24) is 5.32 Å². The zero-order valence-electron chi connectivity index (χ0n) is 12.3. The second-order valence-electron chi connectivity index (χ2n) is 5.22. The van der Waals surface area contributed by atoms with Crippen molar-refractivity contribution in [3.05, 3.63) is 65.2 Å². The van der Waals surface area contributed by atoms with Crippen LogP contribution in [0, 0.1) is 6.92 Å². The molecule has 6 nitrogen and oxygen atoms in total. The van der Waals surface area contributed by atoms with E-state index in [1.165, 1.54) is 0 Å². The number of hydrogen-bond acceptors (Lipinski definition) is 4. The molecular weight excluding hydrogens is 296 g/mol. The van der Waals surface area contributed by atoms with Gasteiger partial charge < -0.3 is 10.1 Å². The van der Waals surface area contributed by atoms with Gasteiger partial charge in [-0.25, -0.2) is 4.79 Å². The molecule has 3 amide bonds. The van der Waals surface area contributed by atoms with Crippen molar-refractivity contribution in [2.75, 3.05) is 5.32 Å². The summed E-state index contributed by atoms with van der Waals surface area (Å²) in [6.45, 7) is 1.92. The van der Waals surface area contributed by atoms with E-state index >= 15 is 0 Å². The fraction of sp³-hybridized carbons (Fsp3) is 0.118. The normalized spacial score (nSPS) is 16.7. The van der Waals surface area contributed by atoms with E-state index < -0.39 is 18.1 Å². The molecule has 1 aliphatic heterocycles. The lowest BCUT2D eigenvalue weighted by Crippen LogP contribution is -2.20. The Hall–Kier alpha value is -3.15. The first-order valence-electron chi connectivity index (χ1n) is 7.02. The van der Waals surface area contributed by atoms with Gasteiger partial charge in [-0.2, -0.15) is 0 Å². The second kappa shape index (κ2) is 5.92. The van der Waals surface area contributed by atoms with E-state index in [1.54, 1.807) is 36.4 Å². The molecule has 1 unspecified atom stereocenters. The van der Waals surface area contributed by atoms with Crippen LogP contribution < -0.4 is 10.6 Å². The SMILES string of the molecule is Cc1cccc(C(=O)Nc2ccc(C3OC(=O)NC3=O)cc2)c1. The van der Waals surface area contributed by atoms with Crippen molar-refractivity contribution < 1.29 is 19.1 Å². The summed E-state index contributed by atoms with van der Waals surface area (Å²) in [5, 5.41) is 4.85. The summed E-state index contributed by atoms with van der Waals surface area (Å²) in [5.41, 5.74) is 2.70. The lowest BCUT2D eigenvalue weighted by Gasteiger charge is -2.09. The molecule has 1 atom stereocenters. The largest absolute Gasteiger partial charge is 0.431 e. The molecule has 1 heterocycles. The van der Waals surface area contributed by atoms with E-state index in [0.717, 1.165) is 5.56 Å². The maximum Gasteiger partial charge on any atom is 0.415 e. The zero-order valence-corrected chi connectivity index (χ0v) is 12.3. The minimum absolute atomic E-state index is 0.216. The Labute approximate surface area is 132 Å². The highest BCUT2D eigenvalue weighted by Gasteiger charge is 2.33. The molecular formula is C17H14N2O4. The zero-order chi connectivity index (χ0) is 16.4. The third-order valence-electron chi connectivity index (χ3n) is 3.44. The number of hydrogen-bond donors (Lipinski definition) is 2. The molecule has 116 valence electrons. The predicted molar refractivity (Wildman–Crippen MR) is 82.9 cm³/mol. The number of aryl methyl sites for hydroxylation is 1. The van der Waals surface area contributed by atoms with Gasteiger partial charge in [-0.3, -0.25) is 14.9 Å². The van der Waals surface area contributed by atoms with Gasteiger partial charge in [0.25, 0.3) is 11.8 Å². The molecule has 2 aromatic carbocycles. The molecule has 1 fully saturated rings. The van der Waals surface area contributed by atoms with E-state index in [9.17, 15) is 14.4 Å². The Balaban J connectivity index is 1.71. The first-order valence-corrected chi connectivity index (χ1v) is 7.02. The molecule has 1 saturated heterocycles. The number of imide groups is 1. The monoisotopic (exact) mass is 310 g/mol. The number of alkyl carbamates (subject to hydrolysis) is 1. The molecule has 1 aliphatic rings. The van der Waals surface area contributed by atoms with Gasteiger partial charge >= 0.3 is 6.09 Å². The topological polar surface area (TPSA) is 84.5 Å².